The number of nitrogens with one attached hydrogen (secondary N) is 1. The Labute approximate surface area is 150 Å². The normalized spacial score (nSPS) is 10.4. The van der Waals surface area contributed by atoms with Gasteiger partial charge in [0.15, 0.2) is 0 Å². The second-order valence-electron chi connectivity index (χ2n) is 5.46. The zero-order valence-corrected chi connectivity index (χ0v) is 14.4. The average Bonchev–Trinajstić information content (AvgIpc) is 3.04. The van der Waals surface area contributed by atoms with E-state index in [0.29, 0.717) is 33.8 Å². The second kappa shape index (κ2) is 7.60. The van der Waals surface area contributed by atoms with Crippen molar-refractivity contribution >= 4 is 17.6 Å². The molecule has 7 nitrogen and oxygen atoms in total. The van der Waals surface area contributed by atoms with E-state index in [1.54, 1.807) is 62.6 Å². The molecule has 0 atom stereocenters. The predicted octanol–water partition coefficient (Wildman–Crippen LogP) is 3.47. The van der Waals surface area contributed by atoms with E-state index in [1.807, 2.05) is 0 Å². The molecule has 0 radical (unpaired) electrons. The van der Waals surface area contributed by atoms with Crippen molar-refractivity contribution in [1.29, 1.82) is 0 Å². The average molecular weight is 351 g/mol. The number of hydrogen-bond donors (Lipinski definition) is 1. The first-order valence-electron chi connectivity index (χ1n) is 8.05. The molecule has 0 aliphatic carbocycles. The summed E-state index contributed by atoms with van der Waals surface area (Å²) >= 11 is 0. The Morgan fingerprint density at radius 2 is 2.08 bits per heavy atom. The Morgan fingerprint density at radius 3 is 2.81 bits per heavy atom. The summed E-state index contributed by atoms with van der Waals surface area (Å²) in [5, 5.41) is 6.73. The summed E-state index contributed by atoms with van der Waals surface area (Å²) < 4.78 is 10.2. The van der Waals surface area contributed by atoms with Crippen LogP contribution in [0.25, 0.3) is 11.3 Å². The number of amides is 1. The van der Waals surface area contributed by atoms with Crippen molar-refractivity contribution < 1.29 is 18.8 Å². The van der Waals surface area contributed by atoms with Gasteiger partial charge in [0, 0.05) is 23.6 Å². The molecule has 0 bridgehead atoms. The van der Waals surface area contributed by atoms with Crippen LogP contribution >= 0.6 is 0 Å². The van der Waals surface area contributed by atoms with Crippen molar-refractivity contribution in [3.63, 3.8) is 0 Å². The van der Waals surface area contributed by atoms with E-state index >= 15 is 0 Å². The molecule has 0 aliphatic heterocycles. The molecule has 1 N–H and O–H groups in total. The van der Waals surface area contributed by atoms with Crippen LogP contribution in [0.4, 0.5) is 5.69 Å². The molecular formula is C19H17N3O4. The molecule has 2 aromatic heterocycles. The molecule has 26 heavy (non-hydrogen) atoms. The Morgan fingerprint density at radius 1 is 1.23 bits per heavy atom. The van der Waals surface area contributed by atoms with Crippen molar-refractivity contribution in [2.24, 2.45) is 0 Å². The molecule has 3 rings (SSSR count). The van der Waals surface area contributed by atoms with Crippen LogP contribution in [0.15, 0.2) is 53.3 Å². The van der Waals surface area contributed by atoms with Gasteiger partial charge in [-0.25, -0.2) is 4.79 Å². The zero-order chi connectivity index (χ0) is 18.5. The number of benzene rings is 1. The number of carbonyl (C=O) groups is 2. The summed E-state index contributed by atoms with van der Waals surface area (Å²) in [6, 6.07) is 10.1. The molecule has 0 saturated heterocycles. The van der Waals surface area contributed by atoms with Gasteiger partial charge < -0.3 is 14.6 Å². The lowest BCUT2D eigenvalue weighted by molar-refractivity contribution is 0.0526. The van der Waals surface area contributed by atoms with Crippen molar-refractivity contribution in [3.05, 3.63) is 65.7 Å². The standard InChI is InChI=1S/C19H17N3O4/c1-3-25-19(24)13-6-4-8-15(10-13)21-18(23)16-12(2)26-22-17(16)14-7-5-9-20-11-14/h4-11H,3H2,1-2H3,(H,21,23). The fourth-order valence-electron chi connectivity index (χ4n) is 2.47. The molecule has 3 aromatic rings. The third-order valence-corrected chi connectivity index (χ3v) is 3.66. The molecule has 0 spiro atoms. The van der Waals surface area contributed by atoms with Crippen LogP contribution in [-0.2, 0) is 4.74 Å². The van der Waals surface area contributed by atoms with E-state index in [-0.39, 0.29) is 12.5 Å². The van der Waals surface area contributed by atoms with Gasteiger partial charge in [-0.2, -0.15) is 0 Å². The Balaban J connectivity index is 1.87. The van der Waals surface area contributed by atoms with Gasteiger partial charge in [0.25, 0.3) is 5.91 Å². The third-order valence-electron chi connectivity index (χ3n) is 3.66. The van der Waals surface area contributed by atoms with E-state index < -0.39 is 5.97 Å². The number of rotatable bonds is 5. The fourth-order valence-corrected chi connectivity index (χ4v) is 2.47. The molecule has 0 saturated carbocycles. The molecule has 0 unspecified atom stereocenters. The topological polar surface area (TPSA) is 94.3 Å². The van der Waals surface area contributed by atoms with Gasteiger partial charge in [-0.1, -0.05) is 11.2 Å². The Kier molecular flexibility index (Phi) is 5.07. The maximum atomic E-state index is 12.7. The van der Waals surface area contributed by atoms with Crippen LogP contribution in [0.5, 0.6) is 0 Å². The smallest absolute Gasteiger partial charge is 0.338 e. The summed E-state index contributed by atoms with van der Waals surface area (Å²) in [4.78, 5) is 28.6. The minimum absolute atomic E-state index is 0.282. The van der Waals surface area contributed by atoms with Crippen LogP contribution in [0.1, 0.15) is 33.4 Å². The number of hydrogen-bond acceptors (Lipinski definition) is 6. The van der Waals surface area contributed by atoms with Gasteiger partial charge in [0.2, 0.25) is 0 Å². The highest BCUT2D eigenvalue weighted by molar-refractivity contribution is 6.09. The highest BCUT2D eigenvalue weighted by Crippen LogP contribution is 2.25. The SMILES string of the molecule is CCOC(=O)c1cccc(NC(=O)c2c(-c3cccnc3)noc2C)c1. The second-order valence-corrected chi connectivity index (χ2v) is 5.46. The third kappa shape index (κ3) is 3.61. The minimum atomic E-state index is -0.444. The molecule has 0 fully saturated rings. The Bertz CT molecular complexity index is 935. The van der Waals surface area contributed by atoms with Crippen molar-refractivity contribution in [2.45, 2.75) is 13.8 Å². The van der Waals surface area contributed by atoms with Gasteiger partial charge >= 0.3 is 5.97 Å². The lowest BCUT2D eigenvalue weighted by atomic mass is 10.1. The van der Waals surface area contributed by atoms with Crippen LogP contribution in [0.2, 0.25) is 0 Å². The fraction of sp³-hybridized carbons (Fsp3) is 0.158. The molecule has 1 amide bonds. The maximum Gasteiger partial charge on any atom is 0.338 e. The van der Waals surface area contributed by atoms with E-state index in [4.69, 9.17) is 9.26 Å². The summed E-state index contributed by atoms with van der Waals surface area (Å²) in [5.41, 5.74) is 2.24. The van der Waals surface area contributed by atoms with Gasteiger partial charge in [-0.3, -0.25) is 9.78 Å². The van der Waals surface area contributed by atoms with E-state index in [1.165, 1.54) is 0 Å². The Hall–Kier alpha value is -3.48. The highest BCUT2D eigenvalue weighted by Gasteiger charge is 2.22. The molecular weight excluding hydrogens is 334 g/mol. The predicted molar refractivity (Wildman–Crippen MR) is 94.8 cm³/mol. The number of aryl methyl sites for hydroxylation is 1. The lowest BCUT2D eigenvalue weighted by Crippen LogP contribution is -2.14. The summed E-state index contributed by atoms with van der Waals surface area (Å²) in [6.07, 6.45) is 3.24. The number of carbonyl (C=O) groups excluding carboxylic acids is 2. The van der Waals surface area contributed by atoms with Crippen molar-refractivity contribution in [3.8, 4) is 11.3 Å². The van der Waals surface area contributed by atoms with Crippen LogP contribution in [-0.4, -0.2) is 28.6 Å². The van der Waals surface area contributed by atoms with Gasteiger partial charge in [0.1, 0.15) is 17.0 Å². The molecule has 0 aliphatic rings. The number of pyridine rings is 1. The van der Waals surface area contributed by atoms with Crippen molar-refractivity contribution in [1.82, 2.24) is 10.1 Å². The first-order chi connectivity index (χ1) is 12.6. The minimum Gasteiger partial charge on any atom is -0.462 e. The monoisotopic (exact) mass is 351 g/mol. The highest BCUT2D eigenvalue weighted by atomic mass is 16.5. The zero-order valence-electron chi connectivity index (χ0n) is 14.4. The van der Waals surface area contributed by atoms with Crippen molar-refractivity contribution in [2.75, 3.05) is 11.9 Å². The van der Waals surface area contributed by atoms with Gasteiger partial charge in [0.05, 0.1) is 12.2 Å². The number of ether oxygens (including phenoxy) is 1. The molecule has 2 heterocycles. The van der Waals surface area contributed by atoms with Gasteiger partial charge in [-0.05, 0) is 44.2 Å². The summed E-state index contributed by atoms with van der Waals surface area (Å²) in [7, 11) is 0. The molecule has 132 valence electrons. The van der Waals surface area contributed by atoms with Gasteiger partial charge in [-0.15, -0.1) is 0 Å². The first-order valence-corrected chi connectivity index (χ1v) is 8.05. The van der Waals surface area contributed by atoms with Crippen LogP contribution < -0.4 is 5.32 Å². The molecule has 1 aromatic carbocycles. The summed E-state index contributed by atoms with van der Waals surface area (Å²) in [6.45, 7) is 3.68. The lowest BCUT2D eigenvalue weighted by Gasteiger charge is -2.08. The number of aromatic nitrogens is 2. The number of anilines is 1. The van der Waals surface area contributed by atoms with E-state index in [2.05, 4.69) is 15.5 Å². The summed E-state index contributed by atoms with van der Waals surface area (Å²) in [5.74, 6) is -0.438. The quantitative estimate of drug-likeness (QED) is 0.707. The van der Waals surface area contributed by atoms with Crippen LogP contribution in [0, 0.1) is 6.92 Å². The maximum absolute atomic E-state index is 12.7. The van der Waals surface area contributed by atoms with Crippen LogP contribution in [0.3, 0.4) is 0 Å². The van der Waals surface area contributed by atoms with E-state index in [0.717, 1.165) is 0 Å². The molecule has 7 heteroatoms. The number of nitrogens with zero attached hydrogens (tertiary/aromatic N) is 2. The number of esters is 1. The van der Waals surface area contributed by atoms with E-state index in [9.17, 15) is 9.59 Å². The first kappa shape index (κ1) is 17.3. The largest absolute Gasteiger partial charge is 0.462 e.